The monoisotopic (exact) mass is 349 g/mol. The number of aromatic nitrogens is 1. The summed E-state index contributed by atoms with van der Waals surface area (Å²) < 4.78 is 6.40. The minimum Gasteiger partial charge on any atom is -0.480 e. The van der Waals surface area contributed by atoms with Crippen molar-refractivity contribution in [2.75, 3.05) is 6.61 Å². The number of aryl methyl sites for hydroxylation is 1. The first-order valence-corrected chi connectivity index (χ1v) is 7.14. The zero-order chi connectivity index (χ0) is 18.7. The molecule has 1 heterocycles. The fourth-order valence-corrected chi connectivity index (χ4v) is 2.15. The molecular formula is C15H15N3O7. The topological polar surface area (TPSA) is 141 Å². The third-order valence-electron chi connectivity index (χ3n) is 3.49. The molecule has 0 radical (unpaired) electrons. The Morgan fingerprint density at radius 1 is 1.40 bits per heavy atom. The highest BCUT2D eigenvalue weighted by atomic mass is 16.6. The highest BCUT2D eigenvalue weighted by Crippen LogP contribution is 2.22. The van der Waals surface area contributed by atoms with Crippen LogP contribution in [0.15, 0.2) is 29.1 Å². The average Bonchev–Trinajstić information content (AvgIpc) is 2.56. The minimum absolute atomic E-state index is 0.148. The Labute approximate surface area is 140 Å². The van der Waals surface area contributed by atoms with Crippen LogP contribution in [0.5, 0.6) is 5.75 Å². The largest absolute Gasteiger partial charge is 0.480 e. The summed E-state index contributed by atoms with van der Waals surface area (Å²) in [4.78, 5) is 44.8. The number of carboxylic acids is 1. The van der Waals surface area contributed by atoms with E-state index in [-0.39, 0.29) is 11.4 Å². The molecule has 10 nitrogen and oxygen atoms in total. The molecule has 10 heteroatoms. The molecule has 1 amide bonds. The number of carbonyl (C=O) groups excluding carboxylic acids is 1. The van der Waals surface area contributed by atoms with Gasteiger partial charge < -0.3 is 19.7 Å². The Morgan fingerprint density at radius 2 is 2.08 bits per heavy atom. The fourth-order valence-electron chi connectivity index (χ4n) is 2.15. The van der Waals surface area contributed by atoms with Gasteiger partial charge in [-0.05, 0) is 19.1 Å². The van der Waals surface area contributed by atoms with Gasteiger partial charge in [0.1, 0.15) is 6.04 Å². The van der Waals surface area contributed by atoms with E-state index >= 15 is 0 Å². The van der Waals surface area contributed by atoms with Gasteiger partial charge in [-0.25, -0.2) is 0 Å². The lowest BCUT2D eigenvalue weighted by atomic mass is 10.2. The van der Waals surface area contributed by atoms with Gasteiger partial charge in [-0.2, -0.15) is 0 Å². The second kappa shape index (κ2) is 6.99. The van der Waals surface area contributed by atoms with E-state index in [1.165, 1.54) is 42.8 Å². The van der Waals surface area contributed by atoms with E-state index in [2.05, 4.69) is 5.32 Å². The second-order valence-electron chi connectivity index (χ2n) is 5.29. The summed E-state index contributed by atoms with van der Waals surface area (Å²) in [5.74, 6) is -2.09. The van der Waals surface area contributed by atoms with Gasteiger partial charge in [-0.1, -0.05) is 0 Å². The van der Waals surface area contributed by atoms with Gasteiger partial charge in [-0.3, -0.25) is 24.5 Å². The molecular weight excluding hydrogens is 334 g/mol. The fraction of sp³-hybridized carbons (Fsp3) is 0.267. The number of ether oxygens (including phenoxy) is 1. The van der Waals surface area contributed by atoms with E-state index in [0.717, 1.165) is 0 Å². The molecule has 0 aliphatic heterocycles. The first kappa shape index (κ1) is 17.9. The number of carboxylic acid groups (broad SMARTS) is 1. The number of nitrogens with zero attached hydrogens (tertiary/aromatic N) is 2. The summed E-state index contributed by atoms with van der Waals surface area (Å²) in [5, 5.41) is 22.2. The number of hydrogen-bond donors (Lipinski definition) is 2. The molecule has 0 aliphatic carbocycles. The van der Waals surface area contributed by atoms with Crippen molar-refractivity contribution in [3.63, 3.8) is 0 Å². The van der Waals surface area contributed by atoms with Gasteiger partial charge in [0.15, 0.2) is 12.4 Å². The Hall–Kier alpha value is -3.43. The number of non-ortho nitro benzene ring substituents is 1. The first-order chi connectivity index (χ1) is 11.7. The van der Waals surface area contributed by atoms with Crippen LogP contribution in [-0.4, -0.2) is 39.1 Å². The number of nitrogens with one attached hydrogen (secondary N) is 1. The number of rotatable bonds is 6. The predicted molar refractivity (Wildman–Crippen MR) is 86.6 cm³/mol. The van der Waals surface area contributed by atoms with Crippen LogP contribution in [0.3, 0.4) is 0 Å². The van der Waals surface area contributed by atoms with Crippen LogP contribution in [0, 0.1) is 10.1 Å². The Kier molecular flexibility index (Phi) is 5.01. The molecule has 0 fully saturated rings. The Bertz CT molecular complexity index is 919. The molecule has 0 aliphatic rings. The van der Waals surface area contributed by atoms with Crippen molar-refractivity contribution in [2.45, 2.75) is 13.0 Å². The van der Waals surface area contributed by atoms with Gasteiger partial charge in [0.05, 0.1) is 10.4 Å². The first-order valence-electron chi connectivity index (χ1n) is 7.14. The predicted octanol–water partition coefficient (Wildman–Crippen LogP) is 0.415. The lowest BCUT2D eigenvalue weighted by Crippen LogP contribution is -2.41. The van der Waals surface area contributed by atoms with Crippen LogP contribution in [0.25, 0.3) is 10.9 Å². The summed E-state index contributed by atoms with van der Waals surface area (Å²) in [6.45, 7) is 0.724. The van der Waals surface area contributed by atoms with Gasteiger partial charge in [0.2, 0.25) is 0 Å². The summed E-state index contributed by atoms with van der Waals surface area (Å²) in [7, 11) is 1.47. The zero-order valence-corrected chi connectivity index (χ0v) is 13.4. The summed E-state index contributed by atoms with van der Waals surface area (Å²) in [5.41, 5.74) is -0.211. The molecule has 1 aromatic heterocycles. The van der Waals surface area contributed by atoms with Crippen molar-refractivity contribution in [3.8, 4) is 5.75 Å². The van der Waals surface area contributed by atoms with E-state index in [4.69, 9.17) is 9.84 Å². The van der Waals surface area contributed by atoms with Crippen LogP contribution < -0.4 is 15.6 Å². The number of fused-ring (bicyclic) bond motifs is 1. The smallest absolute Gasteiger partial charge is 0.325 e. The molecule has 0 bridgehead atoms. The molecule has 1 aromatic carbocycles. The maximum absolute atomic E-state index is 12.2. The van der Waals surface area contributed by atoms with Crippen molar-refractivity contribution in [2.24, 2.45) is 7.05 Å². The number of aliphatic carboxylic acids is 1. The molecule has 0 saturated carbocycles. The quantitative estimate of drug-likeness (QED) is 0.568. The van der Waals surface area contributed by atoms with Crippen molar-refractivity contribution in [1.82, 2.24) is 9.88 Å². The molecule has 2 N–H and O–H groups in total. The van der Waals surface area contributed by atoms with E-state index in [9.17, 15) is 24.5 Å². The van der Waals surface area contributed by atoms with Gasteiger partial charge in [-0.15, -0.1) is 0 Å². The molecule has 0 saturated heterocycles. The SMILES string of the molecule is C[C@H](NC(=O)COc1cc2cc([N+](=O)[O-])ccc2n(C)c1=O)C(=O)O. The second-order valence-corrected chi connectivity index (χ2v) is 5.29. The van der Waals surface area contributed by atoms with Crippen molar-refractivity contribution < 1.29 is 24.4 Å². The number of pyridine rings is 1. The molecule has 2 rings (SSSR count). The van der Waals surface area contributed by atoms with Crippen LogP contribution in [-0.2, 0) is 16.6 Å². The summed E-state index contributed by atoms with van der Waals surface area (Å²) in [6.07, 6.45) is 0. The number of nitro groups is 1. The maximum Gasteiger partial charge on any atom is 0.325 e. The normalized spacial score (nSPS) is 11.8. The summed E-state index contributed by atoms with van der Waals surface area (Å²) >= 11 is 0. The number of hydrogen-bond acceptors (Lipinski definition) is 6. The Balaban J connectivity index is 2.27. The lowest BCUT2D eigenvalue weighted by Gasteiger charge is -2.12. The molecule has 0 unspecified atom stereocenters. The minimum atomic E-state index is -1.21. The third-order valence-corrected chi connectivity index (χ3v) is 3.49. The number of nitro benzene ring substituents is 1. The van der Waals surface area contributed by atoms with E-state index in [1.54, 1.807) is 0 Å². The number of amides is 1. The molecule has 1 atom stereocenters. The highest BCUT2D eigenvalue weighted by molar-refractivity contribution is 5.85. The molecule has 2 aromatic rings. The molecule has 25 heavy (non-hydrogen) atoms. The lowest BCUT2D eigenvalue weighted by molar-refractivity contribution is -0.384. The van der Waals surface area contributed by atoms with Crippen LogP contribution in [0.1, 0.15) is 6.92 Å². The van der Waals surface area contributed by atoms with Crippen LogP contribution >= 0.6 is 0 Å². The van der Waals surface area contributed by atoms with Gasteiger partial charge in [0.25, 0.3) is 17.2 Å². The van der Waals surface area contributed by atoms with Crippen LogP contribution in [0.4, 0.5) is 5.69 Å². The van der Waals surface area contributed by atoms with E-state index in [0.29, 0.717) is 10.9 Å². The van der Waals surface area contributed by atoms with Gasteiger partial charge >= 0.3 is 5.97 Å². The highest BCUT2D eigenvalue weighted by Gasteiger charge is 2.16. The van der Waals surface area contributed by atoms with Crippen molar-refractivity contribution in [1.29, 1.82) is 0 Å². The third kappa shape index (κ3) is 3.91. The van der Waals surface area contributed by atoms with E-state index < -0.39 is 35.0 Å². The van der Waals surface area contributed by atoms with E-state index in [1.807, 2.05) is 0 Å². The average molecular weight is 349 g/mol. The van der Waals surface area contributed by atoms with Crippen molar-refractivity contribution in [3.05, 3.63) is 44.7 Å². The van der Waals surface area contributed by atoms with Crippen molar-refractivity contribution >= 4 is 28.5 Å². The van der Waals surface area contributed by atoms with Crippen LogP contribution in [0.2, 0.25) is 0 Å². The summed E-state index contributed by atoms with van der Waals surface area (Å²) in [6, 6.07) is 4.22. The number of carbonyl (C=O) groups is 2. The zero-order valence-electron chi connectivity index (χ0n) is 13.4. The number of benzene rings is 1. The molecule has 0 spiro atoms. The maximum atomic E-state index is 12.2. The van der Waals surface area contributed by atoms with Gasteiger partial charge in [0, 0.05) is 24.6 Å². The molecule has 132 valence electrons. The Morgan fingerprint density at radius 3 is 2.68 bits per heavy atom. The standard InChI is InChI=1S/C15H15N3O7/c1-8(15(21)22)16-13(19)7-25-12-6-9-5-10(18(23)24)3-4-11(9)17(2)14(12)20/h3-6,8H,7H2,1-2H3,(H,16,19)(H,21,22)/t8-/m0/s1.